The topological polar surface area (TPSA) is 57.8 Å². The van der Waals surface area contributed by atoms with Crippen LogP contribution in [0.1, 0.15) is 34.8 Å². The van der Waals surface area contributed by atoms with Crippen molar-refractivity contribution in [2.45, 2.75) is 18.9 Å². The first-order chi connectivity index (χ1) is 15.0. The fourth-order valence-electron chi connectivity index (χ4n) is 4.41. The van der Waals surface area contributed by atoms with Gasteiger partial charge >= 0.3 is 5.97 Å². The Kier molecular flexibility index (Phi) is 4.66. The van der Waals surface area contributed by atoms with Gasteiger partial charge in [-0.3, -0.25) is 0 Å². The van der Waals surface area contributed by atoms with Gasteiger partial charge in [-0.05, 0) is 65.9 Å². The molecule has 1 atom stereocenters. The van der Waals surface area contributed by atoms with Gasteiger partial charge in [0.15, 0.2) is 0 Å². The molecule has 7 heteroatoms. The van der Waals surface area contributed by atoms with Crippen molar-refractivity contribution in [3.8, 4) is 11.1 Å². The van der Waals surface area contributed by atoms with Crippen LogP contribution in [0, 0.1) is 11.6 Å². The molecular weight excluding hydrogens is 400 g/mol. The highest BCUT2D eigenvalue weighted by molar-refractivity contribution is 5.96. The third-order valence-corrected chi connectivity index (χ3v) is 5.85. The molecule has 0 saturated carbocycles. The zero-order valence-electron chi connectivity index (χ0n) is 16.5. The molecule has 0 radical (unpaired) electrons. The molecule has 0 spiro atoms. The van der Waals surface area contributed by atoms with Gasteiger partial charge in [-0.15, -0.1) is 0 Å². The van der Waals surface area contributed by atoms with E-state index < -0.39 is 5.97 Å². The number of carboxylic acid groups (broad SMARTS) is 1. The van der Waals surface area contributed by atoms with Crippen molar-refractivity contribution in [3.05, 3.63) is 89.8 Å². The Labute approximate surface area is 177 Å². The van der Waals surface area contributed by atoms with Crippen molar-refractivity contribution < 1.29 is 18.7 Å². The van der Waals surface area contributed by atoms with E-state index in [1.165, 1.54) is 28.9 Å². The van der Waals surface area contributed by atoms with Gasteiger partial charge in [0, 0.05) is 18.4 Å². The molecule has 1 fully saturated rings. The summed E-state index contributed by atoms with van der Waals surface area (Å²) in [5.41, 5.74) is 4.00. The number of anilines is 1. The van der Waals surface area contributed by atoms with E-state index in [0.29, 0.717) is 5.52 Å². The zero-order valence-corrected chi connectivity index (χ0v) is 16.5. The number of pyridine rings is 1. The highest BCUT2D eigenvalue weighted by atomic mass is 19.1. The second kappa shape index (κ2) is 7.50. The van der Waals surface area contributed by atoms with E-state index in [-0.39, 0.29) is 23.2 Å². The molecule has 156 valence electrons. The number of nitrogens with zero attached hydrogens (tertiary/aromatic N) is 3. The van der Waals surface area contributed by atoms with Crippen LogP contribution in [0.3, 0.4) is 0 Å². The maximum atomic E-state index is 14.3. The van der Waals surface area contributed by atoms with Gasteiger partial charge in [-0.25, -0.2) is 18.1 Å². The summed E-state index contributed by atoms with van der Waals surface area (Å²) < 4.78 is 29.2. The highest BCUT2D eigenvalue weighted by Gasteiger charge is 2.29. The van der Waals surface area contributed by atoms with Gasteiger partial charge in [0.2, 0.25) is 0 Å². The molecule has 1 saturated heterocycles. The summed E-state index contributed by atoms with van der Waals surface area (Å²) in [4.78, 5) is 13.7. The summed E-state index contributed by atoms with van der Waals surface area (Å²) in [6, 6.07) is 14.5. The maximum Gasteiger partial charge on any atom is 0.339 e. The molecule has 1 unspecified atom stereocenters. The second-order valence-corrected chi connectivity index (χ2v) is 7.67. The Morgan fingerprint density at radius 3 is 2.58 bits per heavy atom. The summed E-state index contributed by atoms with van der Waals surface area (Å²) in [6.45, 7) is 0.761. The number of benzene rings is 2. The number of rotatable bonds is 4. The van der Waals surface area contributed by atoms with Crippen molar-refractivity contribution in [2.75, 3.05) is 11.4 Å². The highest BCUT2D eigenvalue weighted by Crippen LogP contribution is 2.41. The van der Waals surface area contributed by atoms with Gasteiger partial charge in [0.25, 0.3) is 0 Å². The molecule has 4 aromatic rings. The van der Waals surface area contributed by atoms with E-state index in [1.54, 1.807) is 30.5 Å². The number of carbonyl (C=O) groups is 1. The van der Waals surface area contributed by atoms with Gasteiger partial charge in [0.1, 0.15) is 17.2 Å². The van der Waals surface area contributed by atoms with E-state index in [2.05, 4.69) is 10.00 Å². The third-order valence-electron chi connectivity index (χ3n) is 5.85. The normalized spacial score (nSPS) is 16.2. The third kappa shape index (κ3) is 3.42. The quantitative estimate of drug-likeness (QED) is 0.487. The molecule has 1 aliphatic heterocycles. The first-order valence-corrected chi connectivity index (χ1v) is 10.0. The minimum absolute atomic E-state index is 0.0885. The molecule has 1 aliphatic rings. The smallest absolute Gasteiger partial charge is 0.339 e. The SMILES string of the molecule is O=C(O)c1cnn2ccc(N3CCCC3c3cc(F)ccc3-c3ccc(F)cc3)cc12. The first kappa shape index (κ1) is 19.2. The molecule has 31 heavy (non-hydrogen) atoms. The standard InChI is InChI=1S/C24H19F2N3O2/c25-16-5-3-15(4-6-16)19-8-7-17(26)12-20(19)22-2-1-10-28(22)18-9-11-29-23(13-18)21(14-27-29)24(30)31/h3-9,11-14,22H,1-2,10H2,(H,30,31). The summed E-state index contributed by atoms with van der Waals surface area (Å²) >= 11 is 0. The number of aromatic carboxylic acids is 1. The van der Waals surface area contributed by atoms with Crippen LogP contribution in [0.25, 0.3) is 16.6 Å². The van der Waals surface area contributed by atoms with E-state index in [0.717, 1.165) is 41.8 Å². The molecule has 2 aromatic heterocycles. The average Bonchev–Trinajstić information content (AvgIpc) is 3.41. The van der Waals surface area contributed by atoms with Crippen LogP contribution < -0.4 is 4.90 Å². The predicted octanol–water partition coefficient (Wildman–Crippen LogP) is 5.32. The molecular formula is C24H19F2N3O2. The summed E-state index contributed by atoms with van der Waals surface area (Å²) in [6.07, 6.45) is 4.81. The number of hydrogen-bond donors (Lipinski definition) is 1. The minimum atomic E-state index is -1.03. The fourth-order valence-corrected chi connectivity index (χ4v) is 4.41. The van der Waals surface area contributed by atoms with Gasteiger partial charge < -0.3 is 10.0 Å². The lowest BCUT2D eigenvalue weighted by Gasteiger charge is -2.29. The zero-order chi connectivity index (χ0) is 21.5. The van der Waals surface area contributed by atoms with Crippen LogP contribution in [0.5, 0.6) is 0 Å². The Bertz CT molecular complexity index is 1280. The van der Waals surface area contributed by atoms with Crippen molar-refractivity contribution in [3.63, 3.8) is 0 Å². The fraction of sp³-hybridized carbons (Fsp3) is 0.167. The van der Waals surface area contributed by atoms with E-state index in [1.807, 2.05) is 12.1 Å². The first-order valence-electron chi connectivity index (χ1n) is 10.0. The lowest BCUT2D eigenvalue weighted by Crippen LogP contribution is -2.23. The maximum absolute atomic E-state index is 14.3. The molecule has 0 amide bonds. The molecule has 0 aliphatic carbocycles. The number of carboxylic acids is 1. The molecule has 2 aromatic carbocycles. The summed E-state index contributed by atoms with van der Waals surface area (Å²) in [5.74, 6) is -1.68. The van der Waals surface area contributed by atoms with E-state index in [9.17, 15) is 18.7 Å². The van der Waals surface area contributed by atoms with E-state index in [4.69, 9.17) is 0 Å². The average molecular weight is 419 g/mol. The van der Waals surface area contributed by atoms with Crippen molar-refractivity contribution in [1.29, 1.82) is 0 Å². The largest absolute Gasteiger partial charge is 0.478 e. The monoisotopic (exact) mass is 419 g/mol. The van der Waals surface area contributed by atoms with Crippen LogP contribution >= 0.6 is 0 Å². The van der Waals surface area contributed by atoms with Crippen LogP contribution in [0.15, 0.2) is 67.0 Å². The van der Waals surface area contributed by atoms with Gasteiger partial charge in [-0.1, -0.05) is 18.2 Å². The molecule has 5 rings (SSSR count). The van der Waals surface area contributed by atoms with Crippen LogP contribution in [-0.4, -0.2) is 27.2 Å². The molecule has 3 heterocycles. The lowest BCUT2D eigenvalue weighted by molar-refractivity contribution is 0.0699. The number of aromatic nitrogens is 2. The molecule has 5 nitrogen and oxygen atoms in total. The number of fused-ring (bicyclic) bond motifs is 1. The van der Waals surface area contributed by atoms with Crippen LogP contribution in [0.2, 0.25) is 0 Å². The predicted molar refractivity (Wildman–Crippen MR) is 113 cm³/mol. The molecule has 1 N–H and O–H groups in total. The molecule has 0 bridgehead atoms. The van der Waals surface area contributed by atoms with Gasteiger partial charge in [0.05, 0.1) is 17.8 Å². The van der Waals surface area contributed by atoms with Gasteiger partial charge in [-0.2, -0.15) is 5.10 Å². The Hall–Kier alpha value is -3.74. The minimum Gasteiger partial charge on any atom is -0.478 e. The lowest BCUT2D eigenvalue weighted by atomic mass is 9.93. The number of halogens is 2. The van der Waals surface area contributed by atoms with Crippen LogP contribution in [0.4, 0.5) is 14.5 Å². The Morgan fingerprint density at radius 1 is 1.03 bits per heavy atom. The Balaban J connectivity index is 1.59. The van der Waals surface area contributed by atoms with Crippen molar-refractivity contribution in [2.24, 2.45) is 0 Å². The summed E-state index contributed by atoms with van der Waals surface area (Å²) in [7, 11) is 0. The van der Waals surface area contributed by atoms with Crippen LogP contribution in [-0.2, 0) is 0 Å². The second-order valence-electron chi connectivity index (χ2n) is 7.67. The van der Waals surface area contributed by atoms with Crippen molar-refractivity contribution >= 4 is 17.2 Å². The van der Waals surface area contributed by atoms with E-state index >= 15 is 0 Å². The summed E-state index contributed by atoms with van der Waals surface area (Å²) in [5, 5.41) is 13.5. The Morgan fingerprint density at radius 2 is 1.81 bits per heavy atom. The van der Waals surface area contributed by atoms with Crippen molar-refractivity contribution in [1.82, 2.24) is 9.61 Å². The number of hydrogen-bond acceptors (Lipinski definition) is 3.